The molecule has 0 unspecified atom stereocenters. The summed E-state index contributed by atoms with van der Waals surface area (Å²) < 4.78 is 0. The minimum atomic E-state index is -0.132. The average molecular weight is 373 g/mol. The smallest absolute Gasteiger partial charge is 0.247 e. The Balaban J connectivity index is 1.62. The molecule has 0 radical (unpaired) electrons. The van der Waals surface area contributed by atoms with Crippen molar-refractivity contribution in [3.05, 3.63) is 42.0 Å². The lowest BCUT2D eigenvalue weighted by Gasteiger charge is -2.44. The second-order valence-electron chi connectivity index (χ2n) is 7.51. The Bertz CT molecular complexity index is 664. The minimum Gasteiger partial charge on any atom is -0.342 e. The summed E-state index contributed by atoms with van der Waals surface area (Å²) >= 11 is 1.88. The van der Waals surface area contributed by atoms with Gasteiger partial charge in [0.2, 0.25) is 11.8 Å². The van der Waals surface area contributed by atoms with Crippen LogP contribution in [-0.4, -0.2) is 51.9 Å². The molecule has 2 aliphatic heterocycles. The standard InChI is InChI=1S/C21H28N2O2S/c1-17(2)16-20(25)22-12-10-21(11-13-22)23(14-15-26-21)19(24)9-8-18-6-4-3-5-7-18/h3-9,17H,10-16H2,1-2H3/b9-8+. The molecule has 140 valence electrons. The first-order valence-electron chi connectivity index (χ1n) is 9.47. The molecule has 2 saturated heterocycles. The molecule has 1 aromatic carbocycles. The molecule has 26 heavy (non-hydrogen) atoms. The maximum Gasteiger partial charge on any atom is 0.247 e. The zero-order chi connectivity index (χ0) is 18.6. The van der Waals surface area contributed by atoms with Crippen molar-refractivity contribution in [1.82, 2.24) is 9.80 Å². The first kappa shape index (κ1) is 19.0. The highest BCUT2D eigenvalue weighted by Crippen LogP contribution is 2.44. The zero-order valence-electron chi connectivity index (χ0n) is 15.7. The van der Waals surface area contributed by atoms with Crippen molar-refractivity contribution >= 4 is 29.7 Å². The number of rotatable bonds is 4. The number of hydrogen-bond acceptors (Lipinski definition) is 3. The number of nitrogens with zero attached hydrogens (tertiary/aromatic N) is 2. The maximum absolute atomic E-state index is 12.8. The molecule has 1 spiro atoms. The minimum absolute atomic E-state index is 0.0841. The van der Waals surface area contributed by atoms with Gasteiger partial charge in [-0.05, 0) is 30.4 Å². The first-order chi connectivity index (χ1) is 12.5. The van der Waals surface area contributed by atoms with E-state index >= 15 is 0 Å². The zero-order valence-corrected chi connectivity index (χ0v) is 16.5. The van der Waals surface area contributed by atoms with Crippen LogP contribution in [-0.2, 0) is 9.59 Å². The summed E-state index contributed by atoms with van der Waals surface area (Å²) in [4.78, 5) is 29.0. The van der Waals surface area contributed by atoms with Gasteiger partial charge in [0.25, 0.3) is 0 Å². The van der Waals surface area contributed by atoms with Gasteiger partial charge in [0.15, 0.2) is 0 Å². The van der Waals surface area contributed by atoms with E-state index in [1.807, 2.05) is 58.0 Å². The molecule has 0 saturated carbocycles. The molecule has 0 atom stereocenters. The Morgan fingerprint density at radius 1 is 1.15 bits per heavy atom. The van der Waals surface area contributed by atoms with Crippen molar-refractivity contribution < 1.29 is 9.59 Å². The monoisotopic (exact) mass is 372 g/mol. The molecule has 0 bridgehead atoms. The van der Waals surface area contributed by atoms with E-state index in [0.29, 0.717) is 12.3 Å². The predicted octanol–water partition coefficient (Wildman–Crippen LogP) is 3.64. The van der Waals surface area contributed by atoms with Crippen molar-refractivity contribution in [2.45, 2.75) is 38.0 Å². The van der Waals surface area contributed by atoms with Crippen LogP contribution < -0.4 is 0 Å². The van der Waals surface area contributed by atoms with Crippen LogP contribution in [0.3, 0.4) is 0 Å². The van der Waals surface area contributed by atoms with Crippen molar-refractivity contribution in [3.8, 4) is 0 Å². The summed E-state index contributed by atoms with van der Waals surface area (Å²) in [6.45, 7) is 6.46. The predicted molar refractivity (Wildman–Crippen MR) is 108 cm³/mol. The number of carbonyl (C=O) groups is 2. The molecular formula is C21H28N2O2S. The van der Waals surface area contributed by atoms with Crippen LogP contribution >= 0.6 is 11.8 Å². The summed E-state index contributed by atoms with van der Waals surface area (Å²) in [5.74, 6) is 1.70. The summed E-state index contributed by atoms with van der Waals surface area (Å²) in [6, 6.07) is 9.91. The molecule has 2 amide bonds. The van der Waals surface area contributed by atoms with Crippen LogP contribution in [0.5, 0.6) is 0 Å². The van der Waals surface area contributed by atoms with Gasteiger partial charge in [-0.25, -0.2) is 0 Å². The van der Waals surface area contributed by atoms with Crippen LogP contribution in [0, 0.1) is 5.92 Å². The third-order valence-corrected chi connectivity index (χ3v) is 6.69. The van der Waals surface area contributed by atoms with Gasteiger partial charge in [0.1, 0.15) is 0 Å². The van der Waals surface area contributed by atoms with Gasteiger partial charge in [-0.15, -0.1) is 11.8 Å². The molecule has 5 heteroatoms. The third kappa shape index (κ3) is 4.32. The second kappa shape index (κ2) is 8.30. The van der Waals surface area contributed by atoms with Crippen LogP contribution in [0.1, 0.15) is 38.7 Å². The van der Waals surface area contributed by atoms with Crippen LogP contribution in [0.2, 0.25) is 0 Å². The van der Waals surface area contributed by atoms with E-state index in [1.54, 1.807) is 6.08 Å². The number of amides is 2. The van der Waals surface area contributed by atoms with Gasteiger partial charge >= 0.3 is 0 Å². The largest absolute Gasteiger partial charge is 0.342 e. The number of carbonyl (C=O) groups excluding carboxylic acids is 2. The molecule has 0 aromatic heterocycles. The Labute approximate surface area is 160 Å². The highest BCUT2D eigenvalue weighted by Gasteiger charge is 2.46. The quantitative estimate of drug-likeness (QED) is 0.758. The molecule has 1 aromatic rings. The van der Waals surface area contributed by atoms with E-state index in [2.05, 4.69) is 13.8 Å². The second-order valence-corrected chi connectivity index (χ2v) is 8.96. The Hall–Kier alpha value is -1.75. The van der Waals surface area contributed by atoms with E-state index in [4.69, 9.17) is 0 Å². The highest BCUT2D eigenvalue weighted by molar-refractivity contribution is 8.00. The van der Waals surface area contributed by atoms with Gasteiger partial charge in [-0.1, -0.05) is 44.2 Å². The number of hydrogen-bond donors (Lipinski definition) is 0. The van der Waals surface area contributed by atoms with Crippen molar-refractivity contribution in [2.24, 2.45) is 5.92 Å². The molecule has 4 nitrogen and oxygen atoms in total. The molecule has 2 aliphatic rings. The fourth-order valence-corrected chi connectivity index (χ4v) is 5.20. The normalized spacial score (nSPS) is 19.7. The average Bonchev–Trinajstić information content (AvgIpc) is 3.03. The van der Waals surface area contributed by atoms with E-state index in [0.717, 1.165) is 43.8 Å². The summed E-state index contributed by atoms with van der Waals surface area (Å²) in [5, 5.41) is 0. The lowest BCUT2D eigenvalue weighted by Crippen LogP contribution is -2.53. The maximum atomic E-state index is 12.8. The van der Waals surface area contributed by atoms with Gasteiger partial charge in [0, 0.05) is 37.9 Å². The number of benzene rings is 1. The topological polar surface area (TPSA) is 40.6 Å². The molecule has 3 rings (SSSR count). The van der Waals surface area contributed by atoms with Gasteiger partial charge in [-0.2, -0.15) is 0 Å². The van der Waals surface area contributed by atoms with Crippen molar-refractivity contribution in [3.63, 3.8) is 0 Å². The molecule has 2 fully saturated rings. The van der Waals surface area contributed by atoms with Gasteiger partial charge < -0.3 is 9.80 Å². The number of piperidine rings is 1. The number of thioether (sulfide) groups is 1. The lowest BCUT2D eigenvalue weighted by molar-refractivity contribution is -0.135. The van der Waals surface area contributed by atoms with E-state index in [1.165, 1.54) is 0 Å². The lowest BCUT2D eigenvalue weighted by atomic mass is 10.0. The van der Waals surface area contributed by atoms with Crippen molar-refractivity contribution in [2.75, 3.05) is 25.4 Å². The molecule has 0 N–H and O–H groups in total. The third-order valence-electron chi connectivity index (χ3n) is 5.14. The van der Waals surface area contributed by atoms with Crippen molar-refractivity contribution in [1.29, 1.82) is 0 Å². The first-order valence-corrected chi connectivity index (χ1v) is 10.5. The Morgan fingerprint density at radius 3 is 2.50 bits per heavy atom. The summed E-state index contributed by atoms with van der Waals surface area (Å²) in [6.07, 6.45) is 5.93. The summed E-state index contributed by atoms with van der Waals surface area (Å²) in [5.41, 5.74) is 1.04. The molecule has 2 heterocycles. The van der Waals surface area contributed by atoms with Crippen LogP contribution in [0.25, 0.3) is 6.08 Å². The SMILES string of the molecule is CC(C)CC(=O)N1CCC2(CC1)SCCN2C(=O)/C=C/c1ccccc1. The van der Waals surface area contributed by atoms with Crippen LogP contribution in [0.4, 0.5) is 0 Å². The van der Waals surface area contributed by atoms with Gasteiger partial charge in [0.05, 0.1) is 4.87 Å². The Kier molecular flexibility index (Phi) is 6.07. The summed E-state index contributed by atoms with van der Waals surface area (Å²) in [7, 11) is 0. The fourth-order valence-electron chi connectivity index (χ4n) is 3.74. The Morgan fingerprint density at radius 2 is 1.85 bits per heavy atom. The highest BCUT2D eigenvalue weighted by atomic mass is 32.2. The van der Waals surface area contributed by atoms with E-state index in [-0.39, 0.29) is 16.7 Å². The fraction of sp³-hybridized carbons (Fsp3) is 0.524. The molecular weight excluding hydrogens is 344 g/mol. The van der Waals surface area contributed by atoms with E-state index < -0.39 is 0 Å². The van der Waals surface area contributed by atoms with Crippen LogP contribution in [0.15, 0.2) is 36.4 Å². The van der Waals surface area contributed by atoms with Gasteiger partial charge in [-0.3, -0.25) is 9.59 Å². The molecule has 0 aliphatic carbocycles. The number of likely N-dealkylation sites (tertiary alicyclic amines) is 1. The van der Waals surface area contributed by atoms with E-state index in [9.17, 15) is 9.59 Å².